The Bertz CT molecular complexity index is 405. The van der Waals surface area contributed by atoms with Crippen molar-refractivity contribution in [2.24, 2.45) is 16.7 Å². The van der Waals surface area contributed by atoms with Crippen LogP contribution in [0.5, 0.6) is 0 Å². The maximum absolute atomic E-state index is 4.09. The Morgan fingerprint density at radius 3 is 2.83 bits per heavy atom. The molecule has 2 aliphatic rings. The molecule has 0 amide bonds. The SMILES string of the molecule is CC12CCC(C1)C(C)(C)C2NCCn1ccnc1. The fraction of sp³-hybridized carbons (Fsp3) is 0.800. The molecule has 100 valence electrons. The van der Waals surface area contributed by atoms with E-state index in [1.807, 2.05) is 18.7 Å². The van der Waals surface area contributed by atoms with E-state index in [9.17, 15) is 0 Å². The van der Waals surface area contributed by atoms with Crippen LogP contribution in [0.25, 0.3) is 0 Å². The molecule has 3 nitrogen and oxygen atoms in total. The lowest BCUT2D eigenvalue weighted by molar-refractivity contribution is 0.108. The molecule has 3 heteroatoms. The first kappa shape index (κ1) is 12.2. The van der Waals surface area contributed by atoms with Gasteiger partial charge in [0.1, 0.15) is 0 Å². The molecule has 0 radical (unpaired) electrons. The zero-order chi connectivity index (χ0) is 12.8. The summed E-state index contributed by atoms with van der Waals surface area (Å²) in [5, 5.41) is 3.83. The number of rotatable bonds is 4. The van der Waals surface area contributed by atoms with E-state index in [4.69, 9.17) is 0 Å². The molecule has 2 bridgehead atoms. The van der Waals surface area contributed by atoms with Gasteiger partial charge in [-0.3, -0.25) is 0 Å². The van der Waals surface area contributed by atoms with Gasteiger partial charge in [-0.1, -0.05) is 20.8 Å². The molecule has 0 aromatic carbocycles. The summed E-state index contributed by atoms with van der Waals surface area (Å²) in [5.41, 5.74) is 0.991. The minimum absolute atomic E-state index is 0.460. The molecule has 2 saturated carbocycles. The molecule has 2 fully saturated rings. The molecule has 1 aromatic heterocycles. The molecule has 0 spiro atoms. The number of aromatic nitrogens is 2. The Morgan fingerprint density at radius 2 is 2.22 bits per heavy atom. The van der Waals surface area contributed by atoms with E-state index in [1.54, 1.807) is 0 Å². The van der Waals surface area contributed by atoms with Crippen molar-refractivity contribution in [1.29, 1.82) is 0 Å². The number of fused-ring (bicyclic) bond motifs is 2. The van der Waals surface area contributed by atoms with Gasteiger partial charge in [0.15, 0.2) is 0 Å². The van der Waals surface area contributed by atoms with Gasteiger partial charge in [-0.15, -0.1) is 0 Å². The van der Waals surface area contributed by atoms with Gasteiger partial charge in [0.05, 0.1) is 6.33 Å². The third kappa shape index (κ3) is 1.80. The smallest absolute Gasteiger partial charge is 0.0946 e. The van der Waals surface area contributed by atoms with Gasteiger partial charge in [0.25, 0.3) is 0 Å². The van der Waals surface area contributed by atoms with Crippen molar-refractivity contribution in [3.05, 3.63) is 18.7 Å². The molecular weight excluding hydrogens is 222 g/mol. The van der Waals surface area contributed by atoms with E-state index in [-0.39, 0.29) is 0 Å². The van der Waals surface area contributed by atoms with Crippen LogP contribution in [-0.4, -0.2) is 22.1 Å². The maximum Gasteiger partial charge on any atom is 0.0946 e. The van der Waals surface area contributed by atoms with Crippen molar-refractivity contribution in [3.63, 3.8) is 0 Å². The van der Waals surface area contributed by atoms with Crippen molar-refractivity contribution in [3.8, 4) is 0 Å². The fourth-order valence-corrected chi connectivity index (χ4v) is 4.57. The summed E-state index contributed by atoms with van der Waals surface area (Å²) in [7, 11) is 0. The Balaban J connectivity index is 1.62. The van der Waals surface area contributed by atoms with Gasteiger partial charge >= 0.3 is 0 Å². The predicted molar refractivity (Wildman–Crippen MR) is 73.2 cm³/mol. The lowest BCUT2D eigenvalue weighted by Gasteiger charge is -2.43. The monoisotopic (exact) mass is 247 g/mol. The molecule has 1 N–H and O–H groups in total. The third-order valence-corrected chi connectivity index (χ3v) is 5.55. The van der Waals surface area contributed by atoms with Crippen LogP contribution in [0.2, 0.25) is 0 Å². The zero-order valence-electron chi connectivity index (χ0n) is 11.8. The first-order valence-corrected chi connectivity index (χ1v) is 7.21. The van der Waals surface area contributed by atoms with Gasteiger partial charge in [0, 0.05) is 31.5 Å². The van der Waals surface area contributed by atoms with Crippen LogP contribution in [0.15, 0.2) is 18.7 Å². The van der Waals surface area contributed by atoms with Crippen molar-refractivity contribution >= 4 is 0 Å². The first-order valence-electron chi connectivity index (χ1n) is 7.21. The second-order valence-electron chi connectivity index (χ2n) is 7.10. The largest absolute Gasteiger partial charge is 0.336 e. The van der Waals surface area contributed by atoms with Crippen LogP contribution in [0.4, 0.5) is 0 Å². The standard InChI is InChI=1S/C15H25N3/c1-14(2)12-4-5-15(3,10-12)13(14)17-7-9-18-8-6-16-11-18/h6,8,11-13,17H,4-5,7,9-10H2,1-3H3. The Hall–Kier alpha value is -0.830. The average molecular weight is 247 g/mol. The molecule has 0 saturated heterocycles. The Morgan fingerprint density at radius 1 is 1.39 bits per heavy atom. The van der Waals surface area contributed by atoms with Gasteiger partial charge in [-0.2, -0.15) is 0 Å². The van der Waals surface area contributed by atoms with Crippen molar-refractivity contribution in [2.75, 3.05) is 6.54 Å². The summed E-state index contributed by atoms with van der Waals surface area (Å²) in [6.07, 6.45) is 10.0. The van der Waals surface area contributed by atoms with E-state index in [1.165, 1.54) is 19.3 Å². The third-order valence-electron chi connectivity index (χ3n) is 5.55. The molecule has 1 heterocycles. The second-order valence-corrected chi connectivity index (χ2v) is 7.10. The van der Waals surface area contributed by atoms with Crippen LogP contribution in [0, 0.1) is 16.7 Å². The zero-order valence-corrected chi connectivity index (χ0v) is 11.8. The summed E-state index contributed by atoms with van der Waals surface area (Å²) >= 11 is 0. The summed E-state index contributed by atoms with van der Waals surface area (Å²) in [6, 6.07) is 0.673. The molecule has 1 aromatic rings. The number of nitrogens with one attached hydrogen (secondary N) is 1. The number of hydrogen-bond donors (Lipinski definition) is 1. The van der Waals surface area contributed by atoms with Crippen molar-refractivity contribution in [1.82, 2.24) is 14.9 Å². The lowest BCUT2D eigenvalue weighted by atomic mass is 9.68. The molecular formula is C15H25N3. The number of imidazole rings is 1. The van der Waals surface area contributed by atoms with E-state index in [0.29, 0.717) is 16.9 Å². The minimum atomic E-state index is 0.460. The van der Waals surface area contributed by atoms with E-state index in [2.05, 4.69) is 35.6 Å². The van der Waals surface area contributed by atoms with E-state index in [0.717, 1.165) is 19.0 Å². The second kappa shape index (κ2) is 4.09. The quantitative estimate of drug-likeness (QED) is 0.886. The molecule has 3 rings (SSSR count). The highest BCUT2D eigenvalue weighted by atomic mass is 15.1. The van der Waals surface area contributed by atoms with Crippen LogP contribution >= 0.6 is 0 Å². The van der Waals surface area contributed by atoms with Crippen molar-refractivity contribution in [2.45, 2.75) is 52.6 Å². The van der Waals surface area contributed by atoms with E-state index >= 15 is 0 Å². The minimum Gasteiger partial charge on any atom is -0.336 e. The lowest BCUT2D eigenvalue weighted by Crippen LogP contribution is -2.51. The summed E-state index contributed by atoms with van der Waals surface area (Å²) in [6.45, 7) is 9.46. The molecule has 2 aliphatic carbocycles. The van der Waals surface area contributed by atoms with Gasteiger partial charge in [0.2, 0.25) is 0 Å². The average Bonchev–Trinajstić information content (AvgIpc) is 2.96. The van der Waals surface area contributed by atoms with Crippen LogP contribution in [0.1, 0.15) is 40.0 Å². The topological polar surface area (TPSA) is 29.9 Å². The highest BCUT2D eigenvalue weighted by Gasteiger charge is 2.58. The van der Waals surface area contributed by atoms with Gasteiger partial charge < -0.3 is 9.88 Å². The molecule has 0 aliphatic heterocycles. The van der Waals surface area contributed by atoms with Crippen LogP contribution in [-0.2, 0) is 6.54 Å². The normalized spacial score (nSPS) is 37.3. The number of nitrogens with zero attached hydrogens (tertiary/aromatic N) is 2. The van der Waals surface area contributed by atoms with Gasteiger partial charge in [-0.05, 0) is 36.0 Å². The fourth-order valence-electron chi connectivity index (χ4n) is 4.57. The Labute approximate surface area is 110 Å². The molecule has 3 atom stereocenters. The Kier molecular flexibility index (Phi) is 2.77. The molecule has 3 unspecified atom stereocenters. The highest BCUT2D eigenvalue weighted by Crippen LogP contribution is 2.62. The molecule has 18 heavy (non-hydrogen) atoms. The van der Waals surface area contributed by atoms with Gasteiger partial charge in [-0.25, -0.2) is 4.98 Å². The van der Waals surface area contributed by atoms with Crippen LogP contribution < -0.4 is 5.32 Å². The summed E-state index contributed by atoms with van der Waals surface area (Å²) < 4.78 is 2.15. The number of hydrogen-bond acceptors (Lipinski definition) is 2. The first-order chi connectivity index (χ1) is 8.52. The van der Waals surface area contributed by atoms with Crippen molar-refractivity contribution < 1.29 is 0 Å². The highest BCUT2D eigenvalue weighted by molar-refractivity contribution is 5.11. The summed E-state index contributed by atoms with van der Waals surface area (Å²) in [5.74, 6) is 0.924. The van der Waals surface area contributed by atoms with Crippen LogP contribution in [0.3, 0.4) is 0 Å². The predicted octanol–water partition coefficient (Wildman–Crippen LogP) is 2.69. The summed E-state index contributed by atoms with van der Waals surface area (Å²) in [4.78, 5) is 4.09. The maximum atomic E-state index is 4.09. The van der Waals surface area contributed by atoms with E-state index < -0.39 is 0 Å².